The van der Waals surface area contributed by atoms with Crippen LogP contribution in [0.3, 0.4) is 0 Å². The minimum absolute atomic E-state index is 0.0331. The Bertz CT molecular complexity index is 385. The highest BCUT2D eigenvalue weighted by molar-refractivity contribution is 7.81. The summed E-state index contributed by atoms with van der Waals surface area (Å²) in [6.07, 6.45) is 11.7. The summed E-state index contributed by atoms with van der Waals surface area (Å²) in [4.78, 5) is 11.5. The van der Waals surface area contributed by atoms with E-state index in [2.05, 4.69) is 20.8 Å². The van der Waals surface area contributed by atoms with Crippen LogP contribution in [-0.2, 0) is 23.7 Å². The van der Waals surface area contributed by atoms with Gasteiger partial charge >= 0.3 is 10.4 Å². The second-order valence-electron chi connectivity index (χ2n) is 5.59. The number of nitrogens with one attached hydrogen (secondary N) is 1. The van der Waals surface area contributed by atoms with E-state index in [4.69, 9.17) is 5.26 Å². The fourth-order valence-corrected chi connectivity index (χ4v) is 2.53. The summed E-state index contributed by atoms with van der Waals surface area (Å²) >= 11 is 0. The van der Waals surface area contributed by atoms with Crippen molar-refractivity contribution in [3.05, 3.63) is 0 Å². The van der Waals surface area contributed by atoms with Crippen molar-refractivity contribution in [3.8, 4) is 0 Å². The van der Waals surface area contributed by atoms with Crippen molar-refractivity contribution in [1.82, 2.24) is 5.32 Å². The van der Waals surface area contributed by atoms with Gasteiger partial charge in [0.25, 0.3) is 0 Å². The van der Waals surface area contributed by atoms with Gasteiger partial charge in [0.15, 0.2) is 0 Å². The Kier molecular flexibility index (Phi) is 14.4. The molecule has 0 aliphatic carbocycles. The van der Waals surface area contributed by atoms with Crippen LogP contribution in [0.5, 0.6) is 0 Å². The van der Waals surface area contributed by atoms with Crippen LogP contribution in [0.25, 0.3) is 0 Å². The Balaban J connectivity index is 3.31. The first kappa shape index (κ1) is 22.3. The number of carbonyl (C=O) groups excluding carboxylic acids is 1. The highest BCUT2D eigenvalue weighted by Crippen LogP contribution is 2.10. The van der Waals surface area contributed by atoms with E-state index in [-0.39, 0.29) is 12.5 Å². The van der Waals surface area contributed by atoms with Crippen LogP contribution < -0.4 is 5.32 Å². The average molecular weight is 353 g/mol. The van der Waals surface area contributed by atoms with Crippen LogP contribution >= 0.6 is 0 Å². The summed E-state index contributed by atoms with van der Waals surface area (Å²) in [6.45, 7) is 2.39. The number of unbranched alkanes of at least 4 members (excludes halogenated alkanes) is 8. The van der Waals surface area contributed by atoms with Gasteiger partial charge in [-0.1, -0.05) is 62.6 Å². The molecule has 0 aromatic carbocycles. The molecule has 0 aliphatic heterocycles. The lowest BCUT2D eigenvalue weighted by Gasteiger charge is -2.05. The van der Waals surface area contributed by atoms with E-state index in [9.17, 15) is 13.2 Å². The molecular weight excluding hydrogens is 322 g/mol. The molecule has 0 atom stereocenters. The average Bonchev–Trinajstić information content (AvgIpc) is 2.53. The molecular formula is C15H31NO6S. The van der Waals surface area contributed by atoms with E-state index in [0.29, 0.717) is 19.4 Å². The molecule has 0 aromatic rings. The maximum absolute atomic E-state index is 11.5. The Labute approximate surface area is 140 Å². The summed E-state index contributed by atoms with van der Waals surface area (Å²) in [5.74, 6) is -0.0331. The minimum atomic E-state index is -4.31. The standard InChI is InChI=1S/C15H31NO6S/c1-2-3-4-5-6-7-8-9-10-12-15(17)16-13-11-14-21-23(19,20)22-18/h18H,2-14H2,1H3,(H,16,17). The number of hydrogen-bond donors (Lipinski definition) is 2. The molecule has 0 unspecified atom stereocenters. The molecule has 0 bridgehead atoms. The van der Waals surface area contributed by atoms with Crippen LogP contribution in [0.1, 0.15) is 77.6 Å². The van der Waals surface area contributed by atoms with Gasteiger partial charge < -0.3 is 5.32 Å². The van der Waals surface area contributed by atoms with Crippen molar-refractivity contribution in [1.29, 1.82) is 0 Å². The van der Waals surface area contributed by atoms with Gasteiger partial charge in [-0.25, -0.2) is 9.44 Å². The van der Waals surface area contributed by atoms with Crippen molar-refractivity contribution in [2.45, 2.75) is 77.6 Å². The lowest BCUT2D eigenvalue weighted by Crippen LogP contribution is -2.25. The first-order chi connectivity index (χ1) is 11.0. The Morgan fingerprint density at radius 2 is 1.52 bits per heavy atom. The van der Waals surface area contributed by atoms with Crippen molar-refractivity contribution in [2.75, 3.05) is 13.2 Å². The molecule has 0 spiro atoms. The number of amides is 1. The van der Waals surface area contributed by atoms with Gasteiger partial charge in [0.2, 0.25) is 5.91 Å². The highest BCUT2D eigenvalue weighted by atomic mass is 32.3. The summed E-state index contributed by atoms with van der Waals surface area (Å²) in [5.41, 5.74) is 0. The van der Waals surface area contributed by atoms with E-state index in [1.54, 1.807) is 0 Å². The minimum Gasteiger partial charge on any atom is -0.356 e. The smallest absolute Gasteiger partial charge is 0.356 e. The van der Waals surface area contributed by atoms with Gasteiger partial charge in [-0.2, -0.15) is 8.42 Å². The molecule has 2 N–H and O–H groups in total. The third-order valence-electron chi connectivity index (χ3n) is 3.47. The maximum atomic E-state index is 11.5. The molecule has 0 rings (SSSR count). The van der Waals surface area contributed by atoms with Crippen molar-refractivity contribution < 1.29 is 27.0 Å². The van der Waals surface area contributed by atoms with Crippen molar-refractivity contribution in [2.24, 2.45) is 0 Å². The largest absolute Gasteiger partial charge is 0.426 e. The molecule has 0 saturated heterocycles. The van der Waals surface area contributed by atoms with Gasteiger partial charge in [-0.05, 0) is 12.8 Å². The van der Waals surface area contributed by atoms with Crippen LogP contribution in [0.2, 0.25) is 0 Å². The summed E-state index contributed by atoms with van der Waals surface area (Å²) in [6, 6.07) is 0. The topological polar surface area (TPSA) is 102 Å². The zero-order valence-electron chi connectivity index (χ0n) is 14.1. The predicted molar refractivity (Wildman–Crippen MR) is 88.1 cm³/mol. The predicted octanol–water partition coefficient (Wildman–Crippen LogP) is 3.16. The zero-order chi connectivity index (χ0) is 17.4. The second-order valence-corrected chi connectivity index (χ2v) is 6.79. The molecule has 0 radical (unpaired) electrons. The Morgan fingerprint density at radius 1 is 0.957 bits per heavy atom. The quantitative estimate of drug-likeness (QED) is 0.251. The normalized spacial score (nSPS) is 11.6. The monoisotopic (exact) mass is 353 g/mol. The Morgan fingerprint density at radius 3 is 2.09 bits per heavy atom. The lowest BCUT2D eigenvalue weighted by atomic mass is 10.1. The van der Waals surface area contributed by atoms with Crippen LogP contribution in [0.4, 0.5) is 0 Å². The van der Waals surface area contributed by atoms with E-state index >= 15 is 0 Å². The fraction of sp³-hybridized carbons (Fsp3) is 0.933. The van der Waals surface area contributed by atoms with Crippen molar-refractivity contribution >= 4 is 16.3 Å². The third-order valence-corrected chi connectivity index (χ3v) is 4.11. The van der Waals surface area contributed by atoms with E-state index in [1.807, 2.05) is 0 Å². The highest BCUT2D eigenvalue weighted by Gasteiger charge is 2.10. The first-order valence-electron chi connectivity index (χ1n) is 8.51. The van der Waals surface area contributed by atoms with Gasteiger partial charge in [-0.3, -0.25) is 4.79 Å². The number of hydrogen-bond acceptors (Lipinski definition) is 6. The van der Waals surface area contributed by atoms with Crippen LogP contribution in [0.15, 0.2) is 0 Å². The molecule has 0 heterocycles. The zero-order valence-corrected chi connectivity index (χ0v) is 14.9. The fourth-order valence-electron chi connectivity index (χ4n) is 2.17. The molecule has 0 saturated carbocycles. The molecule has 23 heavy (non-hydrogen) atoms. The van der Waals surface area contributed by atoms with E-state index in [1.165, 1.54) is 44.9 Å². The maximum Gasteiger partial charge on any atom is 0.426 e. The second kappa shape index (κ2) is 14.9. The first-order valence-corrected chi connectivity index (χ1v) is 9.84. The molecule has 7 nitrogen and oxygen atoms in total. The molecule has 138 valence electrons. The summed E-state index contributed by atoms with van der Waals surface area (Å²) in [5, 5.41) is 10.7. The molecule has 0 aromatic heterocycles. The van der Waals surface area contributed by atoms with Gasteiger partial charge in [0.1, 0.15) is 0 Å². The Hall–Kier alpha value is -0.700. The number of carbonyl (C=O) groups is 1. The molecule has 0 aliphatic rings. The van der Waals surface area contributed by atoms with E-state index in [0.717, 1.165) is 12.8 Å². The van der Waals surface area contributed by atoms with Gasteiger partial charge in [-0.15, -0.1) is 0 Å². The summed E-state index contributed by atoms with van der Waals surface area (Å²) in [7, 11) is -4.31. The third kappa shape index (κ3) is 16.0. The molecule has 0 fully saturated rings. The van der Waals surface area contributed by atoms with Crippen LogP contribution in [0, 0.1) is 0 Å². The van der Waals surface area contributed by atoms with Crippen LogP contribution in [-0.4, -0.2) is 32.7 Å². The summed E-state index contributed by atoms with van der Waals surface area (Å²) < 4.78 is 28.6. The van der Waals surface area contributed by atoms with E-state index < -0.39 is 10.4 Å². The van der Waals surface area contributed by atoms with Gasteiger partial charge in [0, 0.05) is 13.0 Å². The molecule has 1 amide bonds. The SMILES string of the molecule is CCCCCCCCCCCC(=O)NCCCOS(=O)(=O)OO. The van der Waals surface area contributed by atoms with Crippen molar-refractivity contribution in [3.63, 3.8) is 0 Å². The number of rotatable bonds is 16. The lowest BCUT2D eigenvalue weighted by molar-refractivity contribution is -0.142. The van der Waals surface area contributed by atoms with Gasteiger partial charge in [0.05, 0.1) is 6.61 Å². The molecule has 8 heteroatoms.